The SMILES string of the molecule is CSn1cc2c(n1)CN(C1CC(N)[C@@H](c3cc(F)c(F)cc3F)OC1C(F)(F)F)C2. The number of nitrogens with zero attached hydrogens (tertiary/aromatic N) is 3. The van der Waals surface area contributed by atoms with Crippen molar-refractivity contribution in [3.8, 4) is 0 Å². The summed E-state index contributed by atoms with van der Waals surface area (Å²) in [7, 11) is 0. The van der Waals surface area contributed by atoms with Crippen LogP contribution in [-0.4, -0.2) is 44.7 Å². The summed E-state index contributed by atoms with van der Waals surface area (Å²) < 4.78 is 89.4. The molecule has 2 aliphatic heterocycles. The van der Waals surface area contributed by atoms with E-state index in [-0.39, 0.29) is 25.6 Å². The zero-order valence-corrected chi connectivity index (χ0v) is 16.5. The molecular formula is C18H18F6N4OS. The van der Waals surface area contributed by atoms with Crippen LogP contribution in [0.5, 0.6) is 0 Å². The summed E-state index contributed by atoms with van der Waals surface area (Å²) >= 11 is 1.37. The summed E-state index contributed by atoms with van der Waals surface area (Å²) in [4.78, 5) is 1.58. The molecule has 3 heterocycles. The maximum absolute atomic E-state index is 14.2. The molecule has 2 aliphatic rings. The molecule has 0 bridgehead atoms. The van der Waals surface area contributed by atoms with Gasteiger partial charge >= 0.3 is 6.18 Å². The minimum absolute atomic E-state index is 0.167. The van der Waals surface area contributed by atoms with Crippen LogP contribution in [0.25, 0.3) is 0 Å². The number of nitrogens with two attached hydrogens (primary N) is 1. The zero-order valence-electron chi connectivity index (χ0n) is 15.7. The molecule has 30 heavy (non-hydrogen) atoms. The summed E-state index contributed by atoms with van der Waals surface area (Å²) in [5, 5.41) is 4.31. The first-order valence-corrected chi connectivity index (χ1v) is 10.2. The lowest BCUT2D eigenvalue weighted by atomic mass is 9.89. The number of rotatable bonds is 3. The normalized spacial score (nSPS) is 27.5. The molecule has 0 aliphatic carbocycles. The highest BCUT2D eigenvalue weighted by Gasteiger charge is 2.54. The van der Waals surface area contributed by atoms with Crippen molar-refractivity contribution in [2.75, 3.05) is 6.26 Å². The van der Waals surface area contributed by atoms with Crippen LogP contribution >= 0.6 is 11.9 Å². The topological polar surface area (TPSA) is 56.3 Å². The predicted octanol–water partition coefficient (Wildman–Crippen LogP) is 3.53. The molecule has 0 saturated carbocycles. The van der Waals surface area contributed by atoms with Crippen molar-refractivity contribution in [3.05, 3.63) is 52.6 Å². The number of fused-ring (bicyclic) bond motifs is 1. The minimum atomic E-state index is -4.77. The highest BCUT2D eigenvalue weighted by molar-refractivity contribution is 7.97. The zero-order chi connectivity index (χ0) is 21.8. The van der Waals surface area contributed by atoms with E-state index in [2.05, 4.69) is 5.10 Å². The summed E-state index contributed by atoms with van der Waals surface area (Å²) in [5.74, 6) is -4.03. The van der Waals surface area contributed by atoms with Gasteiger partial charge in [0.25, 0.3) is 0 Å². The Balaban J connectivity index is 1.60. The molecule has 0 spiro atoms. The second-order valence-corrected chi connectivity index (χ2v) is 8.10. The van der Waals surface area contributed by atoms with Crippen LogP contribution in [0.1, 0.15) is 29.3 Å². The van der Waals surface area contributed by atoms with Gasteiger partial charge in [0, 0.05) is 54.8 Å². The van der Waals surface area contributed by atoms with Crippen molar-refractivity contribution in [2.45, 2.75) is 50.0 Å². The van der Waals surface area contributed by atoms with E-state index in [4.69, 9.17) is 10.5 Å². The molecular weight excluding hydrogens is 434 g/mol. The third-order valence-electron chi connectivity index (χ3n) is 5.45. The number of benzene rings is 1. The summed E-state index contributed by atoms with van der Waals surface area (Å²) in [5.41, 5.74) is 6.99. The maximum atomic E-state index is 14.2. The van der Waals surface area contributed by atoms with Gasteiger partial charge in [0.05, 0.1) is 5.69 Å². The van der Waals surface area contributed by atoms with Crippen LogP contribution in [0.15, 0.2) is 18.3 Å². The average Bonchev–Trinajstić information content (AvgIpc) is 3.22. The van der Waals surface area contributed by atoms with Crippen molar-refractivity contribution in [2.24, 2.45) is 5.73 Å². The Kier molecular flexibility index (Phi) is 5.54. The molecule has 4 atom stereocenters. The van der Waals surface area contributed by atoms with Crippen LogP contribution in [0.2, 0.25) is 0 Å². The maximum Gasteiger partial charge on any atom is 0.416 e. The van der Waals surface area contributed by atoms with E-state index in [0.29, 0.717) is 11.8 Å². The number of hydrogen-bond acceptors (Lipinski definition) is 5. The van der Waals surface area contributed by atoms with Gasteiger partial charge in [0.2, 0.25) is 0 Å². The van der Waals surface area contributed by atoms with Gasteiger partial charge in [-0.2, -0.15) is 18.3 Å². The van der Waals surface area contributed by atoms with Gasteiger partial charge in [-0.15, -0.1) is 0 Å². The van der Waals surface area contributed by atoms with Crippen LogP contribution in [0, 0.1) is 17.5 Å². The Labute approximate surface area is 172 Å². The number of ether oxygens (including phenoxy) is 1. The van der Waals surface area contributed by atoms with Gasteiger partial charge in [-0.05, 0) is 24.4 Å². The first kappa shape index (κ1) is 21.5. The first-order chi connectivity index (χ1) is 14.1. The first-order valence-electron chi connectivity index (χ1n) is 9.06. The van der Waals surface area contributed by atoms with Gasteiger partial charge in [-0.1, -0.05) is 0 Å². The Morgan fingerprint density at radius 3 is 2.47 bits per heavy atom. The number of hydrogen-bond donors (Lipinski definition) is 1. The van der Waals surface area contributed by atoms with Crippen LogP contribution in [-0.2, 0) is 17.8 Å². The Morgan fingerprint density at radius 1 is 1.13 bits per heavy atom. The summed E-state index contributed by atoms with van der Waals surface area (Å²) in [6.07, 6.45) is -5.19. The van der Waals surface area contributed by atoms with E-state index in [9.17, 15) is 26.3 Å². The lowest BCUT2D eigenvalue weighted by Gasteiger charge is -2.44. The van der Waals surface area contributed by atoms with E-state index in [1.807, 2.05) is 6.26 Å². The van der Waals surface area contributed by atoms with Gasteiger partial charge in [0.15, 0.2) is 17.7 Å². The molecule has 0 radical (unpaired) electrons. The number of halogens is 6. The molecule has 12 heteroatoms. The fourth-order valence-corrected chi connectivity index (χ4v) is 4.46. The van der Waals surface area contributed by atoms with Crippen LogP contribution < -0.4 is 5.73 Å². The summed E-state index contributed by atoms with van der Waals surface area (Å²) in [6.45, 7) is 0.438. The van der Waals surface area contributed by atoms with Crippen molar-refractivity contribution < 1.29 is 31.1 Å². The van der Waals surface area contributed by atoms with Gasteiger partial charge in [-0.3, -0.25) is 4.90 Å². The van der Waals surface area contributed by atoms with Crippen molar-refractivity contribution in [1.29, 1.82) is 0 Å². The average molecular weight is 452 g/mol. The fraction of sp³-hybridized carbons (Fsp3) is 0.500. The third-order valence-corrected chi connectivity index (χ3v) is 6.01. The van der Waals surface area contributed by atoms with Crippen LogP contribution in [0.4, 0.5) is 26.3 Å². The molecule has 1 aromatic heterocycles. The lowest BCUT2D eigenvalue weighted by molar-refractivity contribution is -0.269. The number of aromatic nitrogens is 2. The highest BCUT2D eigenvalue weighted by atomic mass is 32.2. The highest BCUT2D eigenvalue weighted by Crippen LogP contribution is 2.42. The molecule has 2 N–H and O–H groups in total. The van der Waals surface area contributed by atoms with E-state index < -0.39 is 53.5 Å². The van der Waals surface area contributed by atoms with E-state index in [1.165, 1.54) is 11.9 Å². The monoisotopic (exact) mass is 452 g/mol. The molecule has 164 valence electrons. The fourth-order valence-electron chi connectivity index (χ4n) is 4.05. The molecule has 0 amide bonds. The molecule has 2 aromatic rings. The van der Waals surface area contributed by atoms with Crippen molar-refractivity contribution in [1.82, 2.24) is 14.1 Å². The lowest BCUT2D eigenvalue weighted by Crippen LogP contribution is -2.58. The summed E-state index contributed by atoms with van der Waals surface area (Å²) in [6, 6.07) is -1.40. The Morgan fingerprint density at radius 2 is 1.83 bits per heavy atom. The minimum Gasteiger partial charge on any atom is -0.357 e. The molecule has 1 aromatic carbocycles. The molecule has 3 unspecified atom stereocenters. The molecule has 1 saturated heterocycles. The largest absolute Gasteiger partial charge is 0.416 e. The van der Waals surface area contributed by atoms with Gasteiger partial charge < -0.3 is 10.5 Å². The molecule has 5 nitrogen and oxygen atoms in total. The van der Waals surface area contributed by atoms with E-state index >= 15 is 0 Å². The second kappa shape index (κ2) is 7.74. The van der Waals surface area contributed by atoms with Gasteiger partial charge in [0.1, 0.15) is 11.9 Å². The molecule has 1 fully saturated rings. The van der Waals surface area contributed by atoms with Crippen molar-refractivity contribution >= 4 is 11.9 Å². The standard InChI is InChI=1S/C18H18F6N4OS/c1-30-28-6-8-5-27(7-14(8)26-28)15-4-13(25)16(29-17(15)18(22,23)24)9-2-11(20)12(21)3-10(9)19/h2-3,6,13,15-17H,4-5,7,25H2,1H3/t13?,15?,16-,17?/m1/s1. The Bertz CT molecular complexity index is 928. The van der Waals surface area contributed by atoms with E-state index in [1.54, 1.807) is 15.2 Å². The second-order valence-electron chi connectivity index (χ2n) is 7.36. The smallest absolute Gasteiger partial charge is 0.357 e. The molecule has 4 rings (SSSR count). The quantitative estimate of drug-likeness (QED) is 0.571. The van der Waals surface area contributed by atoms with Crippen molar-refractivity contribution in [3.63, 3.8) is 0 Å². The van der Waals surface area contributed by atoms with Crippen LogP contribution in [0.3, 0.4) is 0 Å². The predicted molar refractivity (Wildman–Crippen MR) is 96.8 cm³/mol. The number of alkyl halides is 3. The Hall–Kier alpha value is -1.76. The van der Waals surface area contributed by atoms with E-state index in [0.717, 1.165) is 5.56 Å². The van der Waals surface area contributed by atoms with Gasteiger partial charge in [-0.25, -0.2) is 17.3 Å². The third kappa shape index (κ3) is 3.81.